The quantitative estimate of drug-likeness (QED) is 0.834. The average molecular weight is 329 g/mol. The first-order chi connectivity index (χ1) is 10.2. The van der Waals surface area contributed by atoms with Crippen molar-refractivity contribution in [2.24, 2.45) is 11.7 Å². The maximum Gasteiger partial charge on any atom is 0.237 e. The lowest BCUT2D eigenvalue weighted by Crippen LogP contribution is -2.48. The fraction of sp³-hybridized carbons (Fsp3) is 0.562. The summed E-state index contributed by atoms with van der Waals surface area (Å²) in [4.78, 5) is 12.1. The van der Waals surface area contributed by atoms with Gasteiger partial charge in [0.15, 0.2) is 0 Å². The van der Waals surface area contributed by atoms with Gasteiger partial charge >= 0.3 is 0 Å². The minimum Gasteiger partial charge on any atom is -0.489 e. The third-order valence-electron chi connectivity index (χ3n) is 3.72. The van der Waals surface area contributed by atoms with Gasteiger partial charge in [-0.05, 0) is 37.8 Å². The summed E-state index contributed by atoms with van der Waals surface area (Å²) in [6.07, 6.45) is 1.60. The molecule has 2 unspecified atom stereocenters. The topological polar surface area (TPSA) is 73.6 Å². The number of ether oxygens (including phenoxy) is 2. The highest BCUT2D eigenvalue weighted by atomic mass is 35.5. The molecule has 3 N–H and O–H groups in total. The molecule has 0 aliphatic carbocycles. The lowest BCUT2D eigenvalue weighted by atomic mass is 9.92. The van der Waals surface area contributed by atoms with E-state index in [1.54, 1.807) is 0 Å². The molecule has 1 aliphatic heterocycles. The van der Waals surface area contributed by atoms with E-state index in [9.17, 15) is 4.79 Å². The van der Waals surface area contributed by atoms with Crippen LogP contribution in [0.5, 0.6) is 5.75 Å². The summed E-state index contributed by atoms with van der Waals surface area (Å²) in [5, 5.41) is 2.87. The van der Waals surface area contributed by atoms with Crippen molar-refractivity contribution in [3.63, 3.8) is 0 Å². The molecule has 5 nitrogen and oxygen atoms in total. The first kappa shape index (κ1) is 18.7. The molecular formula is C16H25ClN2O3. The van der Waals surface area contributed by atoms with Gasteiger partial charge in [-0.2, -0.15) is 0 Å². The number of halogens is 1. The second-order valence-electron chi connectivity index (χ2n) is 5.46. The number of carbonyl (C=O) groups is 1. The molecule has 0 radical (unpaired) electrons. The largest absolute Gasteiger partial charge is 0.489 e. The third-order valence-corrected chi connectivity index (χ3v) is 3.72. The summed E-state index contributed by atoms with van der Waals surface area (Å²) in [5.41, 5.74) is 6.02. The Kier molecular flexibility index (Phi) is 8.24. The van der Waals surface area contributed by atoms with Crippen molar-refractivity contribution in [3.8, 4) is 5.75 Å². The van der Waals surface area contributed by atoms with Gasteiger partial charge < -0.3 is 20.5 Å². The molecule has 124 valence electrons. The average Bonchev–Trinajstić information content (AvgIpc) is 2.53. The Morgan fingerprint density at radius 2 is 2.00 bits per heavy atom. The number of para-hydroxylation sites is 1. The Morgan fingerprint density at radius 3 is 2.64 bits per heavy atom. The van der Waals surface area contributed by atoms with E-state index in [4.69, 9.17) is 15.2 Å². The lowest BCUT2D eigenvalue weighted by molar-refractivity contribution is -0.124. The monoisotopic (exact) mass is 328 g/mol. The Morgan fingerprint density at radius 1 is 1.36 bits per heavy atom. The summed E-state index contributed by atoms with van der Waals surface area (Å²) in [7, 11) is 0. The maximum atomic E-state index is 12.1. The van der Waals surface area contributed by atoms with Gasteiger partial charge in [0.1, 0.15) is 11.9 Å². The molecule has 1 saturated heterocycles. The molecule has 2 rings (SSSR count). The Bertz CT molecular complexity index is 438. The molecule has 0 aromatic heterocycles. The van der Waals surface area contributed by atoms with Crippen LogP contribution in [0.2, 0.25) is 0 Å². The van der Waals surface area contributed by atoms with E-state index in [1.807, 2.05) is 37.3 Å². The summed E-state index contributed by atoms with van der Waals surface area (Å²) >= 11 is 0. The van der Waals surface area contributed by atoms with Gasteiger partial charge in [-0.25, -0.2) is 0 Å². The molecule has 1 aliphatic rings. The molecule has 1 aromatic carbocycles. The SMILES string of the molecule is CC(CNC(=O)C(N)C1CCOCC1)Oc1ccccc1.Cl. The number of nitrogens with two attached hydrogens (primary N) is 1. The van der Waals surface area contributed by atoms with Crippen molar-refractivity contribution in [2.75, 3.05) is 19.8 Å². The van der Waals surface area contributed by atoms with E-state index in [1.165, 1.54) is 0 Å². The van der Waals surface area contributed by atoms with Crippen molar-refractivity contribution in [2.45, 2.75) is 31.9 Å². The highest BCUT2D eigenvalue weighted by Gasteiger charge is 2.26. The minimum absolute atomic E-state index is 0. The Labute approximate surface area is 138 Å². The minimum atomic E-state index is -0.460. The van der Waals surface area contributed by atoms with Crippen LogP contribution in [0.25, 0.3) is 0 Å². The van der Waals surface area contributed by atoms with Crippen LogP contribution in [0.3, 0.4) is 0 Å². The number of hydrogen-bond acceptors (Lipinski definition) is 4. The fourth-order valence-electron chi connectivity index (χ4n) is 2.42. The van der Waals surface area contributed by atoms with E-state index in [0.717, 1.165) is 18.6 Å². The second-order valence-corrected chi connectivity index (χ2v) is 5.46. The van der Waals surface area contributed by atoms with Crippen molar-refractivity contribution in [3.05, 3.63) is 30.3 Å². The van der Waals surface area contributed by atoms with Crippen LogP contribution in [-0.4, -0.2) is 37.8 Å². The number of rotatable bonds is 6. The smallest absolute Gasteiger partial charge is 0.237 e. The molecule has 1 amide bonds. The zero-order valence-electron chi connectivity index (χ0n) is 12.9. The van der Waals surface area contributed by atoms with Crippen LogP contribution in [0.1, 0.15) is 19.8 Å². The Hall–Kier alpha value is -1.30. The van der Waals surface area contributed by atoms with E-state index in [-0.39, 0.29) is 30.3 Å². The molecular weight excluding hydrogens is 304 g/mol. The lowest BCUT2D eigenvalue weighted by Gasteiger charge is -2.27. The normalized spacial score (nSPS) is 17.9. The van der Waals surface area contributed by atoms with Crippen LogP contribution in [0.15, 0.2) is 30.3 Å². The van der Waals surface area contributed by atoms with Crippen molar-refractivity contribution in [1.29, 1.82) is 0 Å². The first-order valence-electron chi connectivity index (χ1n) is 7.49. The summed E-state index contributed by atoms with van der Waals surface area (Å²) in [6.45, 7) is 3.76. The molecule has 0 saturated carbocycles. The molecule has 22 heavy (non-hydrogen) atoms. The molecule has 1 fully saturated rings. The molecule has 1 heterocycles. The molecule has 0 spiro atoms. The van der Waals surface area contributed by atoms with Crippen molar-refractivity contribution in [1.82, 2.24) is 5.32 Å². The number of benzene rings is 1. The molecule has 6 heteroatoms. The number of nitrogens with one attached hydrogen (secondary N) is 1. The summed E-state index contributed by atoms with van der Waals surface area (Å²) in [6, 6.07) is 9.10. The van der Waals surface area contributed by atoms with Crippen molar-refractivity contribution < 1.29 is 14.3 Å². The van der Waals surface area contributed by atoms with E-state index < -0.39 is 6.04 Å². The number of amides is 1. The van der Waals surface area contributed by atoms with E-state index in [0.29, 0.717) is 19.8 Å². The fourth-order valence-corrected chi connectivity index (χ4v) is 2.42. The van der Waals surface area contributed by atoms with Gasteiger partial charge in [-0.1, -0.05) is 18.2 Å². The van der Waals surface area contributed by atoms with Crippen LogP contribution in [0.4, 0.5) is 0 Å². The van der Waals surface area contributed by atoms with Crippen LogP contribution >= 0.6 is 12.4 Å². The predicted molar refractivity (Wildman–Crippen MR) is 88.3 cm³/mol. The van der Waals surface area contributed by atoms with Crippen molar-refractivity contribution >= 4 is 18.3 Å². The maximum absolute atomic E-state index is 12.1. The van der Waals surface area contributed by atoms with E-state index >= 15 is 0 Å². The number of carbonyl (C=O) groups excluding carboxylic acids is 1. The van der Waals surface area contributed by atoms with Gasteiger partial charge in [0.05, 0.1) is 12.6 Å². The van der Waals surface area contributed by atoms with Gasteiger partial charge in [-0.15, -0.1) is 12.4 Å². The van der Waals surface area contributed by atoms with E-state index in [2.05, 4.69) is 5.32 Å². The molecule has 2 atom stereocenters. The number of hydrogen-bond donors (Lipinski definition) is 2. The van der Waals surface area contributed by atoms with Gasteiger partial charge in [-0.3, -0.25) is 4.79 Å². The highest BCUT2D eigenvalue weighted by Crippen LogP contribution is 2.17. The van der Waals surface area contributed by atoms with Crippen LogP contribution in [0, 0.1) is 5.92 Å². The second kappa shape index (κ2) is 9.66. The van der Waals surface area contributed by atoms with Gasteiger partial charge in [0.2, 0.25) is 5.91 Å². The summed E-state index contributed by atoms with van der Waals surface area (Å²) in [5.74, 6) is 0.905. The zero-order chi connectivity index (χ0) is 15.1. The zero-order valence-corrected chi connectivity index (χ0v) is 13.7. The van der Waals surface area contributed by atoms with Gasteiger partial charge in [0, 0.05) is 13.2 Å². The standard InChI is InChI=1S/C16H24N2O3.ClH/c1-12(21-14-5-3-2-4-6-14)11-18-16(19)15(17)13-7-9-20-10-8-13;/h2-6,12-13,15H,7-11,17H2,1H3,(H,18,19);1H. The molecule has 1 aromatic rings. The third kappa shape index (κ3) is 5.83. The highest BCUT2D eigenvalue weighted by molar-refractivity contribution is 5.85. The van der Waals surface area contributed by atoms with Crippen LogP contribution in [-0.2, 0) is 9.53 Å². The van der Waals surface area contributed by atoms with Gasteiger partial charge in [0.25, 0.3) is 0 Å². The predicted octanol–water partition coefficient (Wildman–Crippen LogP) is 1.75. The van der Waals surface area contributed by atoms with Crippen LogP contribution < -0.4 is 15.8 Å². The molecule has 0 bridgehead atoms. The Balaban J connectivity index is 0.00000242. The first-order valence-corrected chi connectivity index (χ1v) is 7.49. The summed E-state index contributed by atoms with van der Waals surface area (Å²) < 4.78 is 11.0.